The van der Waals surface area contributed by atoms with Crippen LogP contribution in [-0.4, -0.2) is 5.78 Å². The van der Waals surface area contributed by atoms with Crippen LogP contribution in [0.4, 0.5) is 0 Å². The Morgan fingerprint density at radius 2 is 1.59 bits per heavy atom. The van der Waals surface area contributed by atoms with E-state index in [0.717, 1.165) is 30.7 Å². The molecule has 2 aliphatic carbocycles. The molecule has 1 unspecified atom stereocenters. The van der Waals surface area contributed by atoms with Gasteiger partial charge in [-0.25, -0.2) is 0 Å². The van der Waals surface area contributed by atoms with Crippen LogP contribution in [0.15, 0.2) is 36.4 Å². The third-order valence-electron chi connectivity index (χ3n) is 7.54. The summed E-state index contributed by atoms with van der Waals surface area (Å²) in [6.45, 7) is 17.1. The average Bonchev–Trinajstić information content (AvgIpc) is 3.42. The van der Waals surface area contributed by atoms with E-state index in [1.165, 1.54) is 64.6 Å². The SMILES string of the molecule is CC.CC.CC/C=C(\CC)c1ccc2c(c1)-c1c(ccc3c1CCC3=O)C2CCC(CC)CC. The Morgan fingerprint density at radius 1 is 0.912 bits per heavy atom. The smallest absolute Gasteiger partial charge is 0.163 e. The predicted octanol–water partition coefficient (Wildman–Crippen LogP) is 10.4. The Bertz CT molecular complexity index is 974. The molecule has 0 aromatic heterocycles. The lowest BCUT2D eigenvalue weighted by atomic mass is 9.86. The minimum atomic E-state index is 0.325. The van der Waals surface area contributed by atoms with Gasteiger partial charge in [-0.05, 0) is 83.0 Å². The van der Waals surface area contributed by atoms with E-state index in [1.807, 2.05) is 27.7 Å². The first-order valence-corrected chi connectivity index (χ1v) is 14.1. The minimum Gasteiger partial charge on any atom is -0.294 e. The molecular formula is C33H48O. The fraction of sp³-hybridized carbons (Fsp3) is 0.545. The zero-order valence-electron chi connectivity index (χ0n) is 23.2. The van der Waals surface area contributed by atoms with E-state index >= 15 is 0 Å². The molecule has 2 aliphatic rings. The lowest BCUT2D eigenvalue weighted by Crippen LogP contribution is -2.03. The quantitative estimate of drug-likeness (QED) is 0.383. The third kappa shape index (κ3) is 5.56. The van der Waals surface area contributed by atoms with E-state index in [1.54, 1.807) is 0 Å². The van der Waals surface area contributed by atoms with Gasteiger partial charge in [0.1, 0.15) is 0 Å². The summed E-state index contributed by atoms with van der Waals surface area (Å²) in [7, 11) is 0. The van der Waals surface area contributed by atoms with E-state index in [2.05, 4.69) is 64.1 Å². The number of rotatable bonds is 8. The standard InChI is InChI=1S/C29H36O.2C2H6/c1-5-9-20(8-4)21-11-13-23-22(12-10-19(6-2)7-3)25-15-14-24-26(16-17-28(24)30)29(25)27(23)18-21;2*1-2/h9,11,13-15,18-19,22H,5-8,10,12,16-17H2,1-4H3;2*1-2H3/b20-9+;;. The van der Waals surface area contributed by atoms with Gasteiger partial charge in [-0.1, -0.05) is 98.6 Å². The second kappa shape index (κ2) is 13.7. The average molecular weight is 461 g/mol. The van der Waals surface area contributed by atoms with Gasteiger partial charge in [-0.2, -0.15) is 0 Å². The topological polar surface area (TPSA) is 17.1 Å². The molecular weight excluding hydrogens is 412 g/mol. The highest BCUT2D eigenvalue weighted by molar-refractivity contribution is 6.03. The molecule has 1 heteroatoms. The number of hydrogen-bond donors (Lipinski definition) is 0. The molecule has 0 amide bonds. The molecule has 4 rings (SSSR count). The molecule has 0 spiro atoms. The molecule has 0 N–H and O–H groups in total. The molecule has 0 fully saturated rings. The van der Waals surface area contributed by atoms with Crippen molar-refractivity contribution in [2.75, 3.05) is 0 Å². The van der Waals surface area contributed by atoms with Gasteiger partial charge in [0, 0.05) is 17.9 Å². The maximum Gasteiger partial charge on any atom is 0.163 e. The summed E-state index contributed by atoms with van der Waals surface area (Å²) in [4.78, 5) is 12.4. The predicted molar refractivity (Wildman–Crippen MR) is 151 cm³/mol. The van der Waals surface area contributed by atoms with Crippen LogP contribution in [0, 0.1) is 5.92 Å². The number of Topliss-reactive ketones (excluding diaryl/α,β-unsaturated/α-hetero) is 1. The van der Waals surface area contributed by atoms with Gasteiger partial charge in [0.05, 0.1) is 0 Å². The van der Waals surface area contributed by atoms with E-state index in [0.29, 0.717) is 18.1 Å². The monoisotopic (exact) mass is 460 g/mol. The largest absolute Gasteiger partial charge is 0.294 e. The van der Waals surface area contributed by atoms with Crippen molar-refractivity contribution in [3.63, 3.8) is 0 Å². The highest BCUT2D eigenvalue weighted by Crippen LogP contribution is 2.51. The van der Waals surface area contributed by atoms with Gasteiger partial charge in [-0.15, -0.1) is 0 Å². The second-order valence-corrected chi connectivity index (χ2v) is 9.08. The molecule has 0 aliphatic heterocycles. The summed E-state index contributed by atoms with van der Waals surface area (Å²) in [5.41, 5.74) is 10.8. The van der Waals surface area contributed by atoms with Crippen LogP contribution in [0.5, 0.6) is 0 Å². The fourth-order valence-electron chi connectivity index (χ4n) is 5.74. The third-order valence-corrected chi connectivity index (χ3v) is 7.54. The number of allylic oxidation sites excluding steroid dienone is 2. The highest BCUT2D eigenvalue weighted by atomic mass is 16.1. The summed E-state index contributed by atoms with van der Waals surface area (Å²) >= 11 is 0. The van der Waals surface area contributed by atoms with Crippen LogP contribution in [-0.2, 0) is 6.42 Å². The molecule has 186 valence electrons. The summed E-state index contributed by atoms with van der Waals surface area (Å²) < 4.78 is 0. The summed E-state index contributed by atoms with van der Waals surface area (Å²) in [5, 5.41) is 0. The van der Waals surface area contributed by atoms with Gasteiger partial charge in [-0.3, -0.25) is 4.79 Å². The van der Waals surface area contributed by atoms with Crippen molar-refractivity contribution >= 4 is 11.4 Å². The lowest BCUT2D eigenvalue weighted by Gasteiger charge is -2.18. The van der Waals surface area contributed by atoms with Crippen molar-refractivity contribution in [3.8, 4) is 11.1 Å². The maximum atomic E-state index is 12.4. The summed E-state index contributed by atoms with van der Waals surface area (Å²) in [6, 6.07) is 11.6. The Labute approximate surface area is 210 Å². The fourth-order valence-corrected chi connectivity index (χ4v) is 5.74. The Balaban J connectivity index is 0.000000970. The molecule has 0 saturated heterocycles. The molecule has 34 heavy (non-hydrogen) atoms. The van der Waals surface area contributed by atoms with E-state index in [4.69, 9.17) is 0 Å². The molecule has 1 nitrogen and oxygen atoms in total. The van der Waals surface area contributed by atoms with E-state index in [-0.39, 0.29) is 0 Å². The number of fused-ring (bicyclic) bond motifs is 5. The molecule has 0 heterocycles. The van der Waals surface area contributed by atoms with E-state index in [9.17, 15) is 4.79 Å². The molecule has 0 radical (unpaired) electrons. The van der Waals surface area contributed by atoms with Gasteiger partial charge in [0.15, 0.2) is 5.78 Å². The zero-order chi connectivity index (χ0) is 25.3. The van der Waals surface area contributed by atoms with Crippen molar-refractivity contribution in [2.45, 2.75) is 113 Å². The summed E-state index contributed by atoms with van der Waals surface area (Å²) in [6.07, 6.45) is 11.1. The molecule has 0 bridgehead atoms. The van der Waals surface area contributed by atoms with Crippen LogP contribution in [0.1, 0.15) is 139 Å². The normalized spacial score (nSPS) is 15.7. The van der Waals surface area contributed by atoms with Crippen LogP contribution in [0.2, 0.25) is 0 Å². The van der Waals surface area contributed by atoms with E-state index < -0.39 is 0 Å². The first-order valence-electron chi connectivity index (χ1n) is 14.1. The first kappa shape index (κ1) is 28.1. The minimum absolute atomic E-state index is 0.325. The first-order chi connectivity index (χ1) is 16.6. The molecule has 1 atom stereocenters. The van der Waals surface area contributed by atoms with Crippen molar-refractivity contribution < 1.29 is 4.79 Å². The Hall–Kier alpha value is -2.15. The molecule has 0 saturated carbocycles. The van der Waals surface area contributed by atoms with Gasteiger partial charge >= 0.3 is 0 Å². The van der Waals surface area contributed by atoms with Crippen LogP contribution in [0.25, 0.3) is 16.7 Å². The maximum absolute atomic E-state index is 12.4. The van der Waals surface area contributed by atoms with Crippen LogP contribution >= 0.6 is 0 Å². The molecule has 2 aromatic carbocycles. The van der Waals surface area contributed by atoms with Crippen molar-refractivity contribution in [3.05, 3.63) is 64.2 Å². The lowest BCUT2D eigenvalue weighted by molar-refractivity contribution is 0.0994. The van der Waals surface area contributed by atoms with Crippen molar-refractivity contribution in [1.82, 2.24) is 0 Å². The molecule has 2 aromatic rings. The Kier molecular flexibility index (Phi) is 11.3. The van der Waals surface area contributed by atoms with Crippen molar-refractivity contribution in [1.29, 1.82) is 0 Å². The highest BCUT2D eigenvalue weighted by Gasteiger charge is 2.34. The second-order valence-electron chi connectivity index (χ2n) is 9.08. The number of hydrogen-bond acceptors (Lipinski definition) is 1. The number of carbonyl (C=O) groups excluding carboxylic acids is 1. The zero-order valence-corrected chi connectivity index (χ0v) is 23.2. The Morgan fingerprint density at radius 3 is 2.21 bits per heavy atom. The number of benzene rings is 2. The van der Waals surface area contributed by atoms with Gasteiger partial charge in [0.2, 0.25) is 0 Å². The van der Waals surface area contributed by atoms with Crippen LogP contribution in [0.3, 0.4) is 0 Å². The van der Waals surface area contributed by atoms with Crippen molar-refractivity contribution in [2.24, 2.45) is 5.92 Å². The van der Waals surface area contributed by atoms with Crippen LogP contribution < -0.4 is 0 Å². The van der Waals surface area contributed by atoms with Gasteiger partial charge < -0.3 is 0 Å². The summed E-state index contributed by atoms with van der Waals surface area (Å²) in [5.74, 6) is 1.61. The van der Waals surface area contributed by atoms with Gasteiger partial charge in [0.25, 0.3) is 0 Å². The number of carbonyl (C=O) groups is 1. The number of ketones is 1.